The van der Waals surface area contributed by atoms with Crippen molar-refractivity contribution in [1.82, 2.24) is 31.2 Å². The first-order valence-corrected chi connectivity index (χ1v) is 6.91. The van der Waals surface area contributed by atoms with Crippen molar-refractivity contribution in [3.8, 4) is 5.69 Å². The van der Waals surface area contributed by atoms with Crippen LogP contribution in [0.5, 0.6) is 0 Å². The molecular weight excluding hydrogens is 332 g/mol. The van der Waals surface area contributed by atoms with Gasteiger partial charge in [0.15, 0.2) is 11.4 Å². The lowest BCUT2D eigenvalue weighted by atomic mass is 10.2. The molecule has 1 amide bonds. The van der Waals surface area contributed by atoms with Gasteiger partial charge in [0.25, 0.3) is 5.91 Å². The van der Waals surface area contributed by atoms with E-state index in [1.165, 1.54) is 12.1 Å². The first-order valence-electron chi connectivity index (χ1n) is 6.91. The molecule has 0 unspecified atom stereocenters. The normalized spacial score (nSPS) is 15.7. The minimum atomic E-state index is -4.89. The third kappa shape index (κ3) is 3.21. The van der Waals surface area contributed by atoms with Crippen LogP contribution in [0, 0.1) is 5.82 Å². The number of nitrogens with one attached hydrogen (secondary N) is 3. The Kier molecular flexibility index (Phi) is 4.20. The average Bonchev–Trinajstić information content (AvgIpc) is 3.15. The van der Waals surface area contributed by atoms with Crippen LogP contribution >= 0.6 is 0 Å². The summed E-state index contributed by atoms with van der Waals surface area (Å²) in [5.41, 5.74) is 3.08. The predicted molar refractivity (Wildman–Crippen MR) is 73.6 cm³/mol. The zero-order valence-electron chi connectivity index (χ0n) is 12.1. The fourth-order valence-corrected chi connectivity index (χ4v) is 2.30. The van der Waals surface area contributed by atoms with Gasteiger partial charge < -0.3 is 5.32 Å². The van der Waals surface area contributed by atoms with Gasteiger partial charge >= 0.3 is 6.18 Å². The molecule has 0 aliphatic carbocycles. The van der Waals surface area contributed by atoms with Crippen LogP contribution in [0.15, 0.2) is 24.3 Å². The molecule has 2 aromatic rings. The Morgan fingerprint density at radius 3 is 2.62 bits per heavy atom. The maximum Gasteiger partial charge on any atom is 0.435 e. The number of benzene rings is 1. The molecule has 128 valence electrons. The van der Waals surface area contributed by atoms with Crippen molar-refractivity contribution in [3.05, 3.63) is 41.5 Å². The van der Waals surface area contributed by atoms with E-state index in [1.807, 2.05) is 0 Å². The van der Waals surface area contributed by atoms with Crippen LogP contribution < -0.4 is 16.2 Å². The number of alkyl halides is 3. The first-order chi connectivity index (χ1) is 11.4. The van der Waals surface area contributed by atoms with Crippen molar-refractivity contribution in [1.29, 1.82) is 0 Å². The highest BCUT2D eigenvalue weighted by molar-refractivity contribution is 5.93. The van der Waals surface area contributed by atoms with Gasteiger partial charge in [0, 0.05) is 13.1 Å². The summed E-state index contributed by atoms with van der Waals surface area (Å²) in [5, 5.41) is 9.16. The molecule has 0 saturated carbocycles. The molecule has 3 N–H and O–H groups in total. The molecule has 11 heteroatoms. The van der Waals surface area contributed by atoms with Gasteiger partial charge in [-0.3, -0.25) is 15.6 Å². The van der Waals surface area contributed by atoms with Crippen molar-refractivity contribution in [3.63, 3.8) is 0 Å². The molecule has 1 aromatic carbocycles. The molecule has 1 fully saturated rings. The molecule has 1 aromatic heterocycles. The van der Waals surface area contributed by atoms with Crippen molar-refractivity contribution >= 4 is 5.91 Å². The lowest BCUT2D eigenvalue weighted by Gasteiger charge is -2.13. The van der Waals surface area contributed by atoms with Crippen molar-refractivity contribution < 1.29 is 22.4 Å². The number of amides is 1. The van der Waals surface area contributed by atoms with Crippen LogP contribution in [0.1, 0.15) is 16.2 Å². The van der Waals surface area contributed by atoms with E-state index < -0.39 is 29.3 Å². The Morgan fingerprint density at radius 2 is 2.00 bits per heavy atom. The second-order valence-corrected chi connectivity index (χ2v) is 5.11. The van der Waals surface area contributed by atoms with Gasteiger partial charge in [-0.05, 0) is 18.2 Å². The van der Waals surface area contributed by atoms with Gasteiger partial charge in [-0.2, -0.15) is 13.2 Å². The number of nitrogens with zero attached hydrogens (tertiary/aromatic N) is 3. The van der Waals surface area contributed by atoms with Crippen molar-refractivity contribution in [2.75, 3.05) is 13.1 Å². The highest BCUT2D eigenvalue weighted by Crippen LogP contribution is 2.32. The smallest absolute Gasteiger partial charge is 0.345 e. The van der Waals surface area contributed by atoms with Gasteiger partial charge in [0.05, 0.1) is 11.7 Å². The number of hydrazine groups is 1. The summed E-state index contributed by atoms with van der Waals surface area (Å²) in [6.45, 7) is 0.732. The summed E-state index contributed by atoms with van der Waals surface area (Å²) in [4.78, 5) is 12.1. The van der Waals surface area contributed by atoms with Gasteiger partial charge in [-0.1, -0.05) is 11.3 Å². The van der Waals surface area contributed by atoms with Gasteiger partial charge in [0.1, 0.15) is 5.82 Å². The second kappa shape index (κ2) is 6.17. The van der Waals surface area contributed by atoms with Crippen molar-refractivity contribution in [2.45, 2.75) is 12.2 Å². The van der Waals surface area contributed by atoms with Gasteiger partial charge in [-0.25, -0.2) is 9.07 Å². The number of rotatable bonds is 3. The number of aromatic nitrogens is 3. The SMILES string of the molecule is O=C(NC1CNNC1)c1nnn(-c2cccc(F)c2)c1C(F)(F)F. The molecule has 1 saturated heterocycles. The minimum absolute atomic E-state index is 0.182. The average molecular weight is 344 g/mol. The largest absolute Gasteiger partial charge is 0.435 e. The predicted octanol–water partition coefficient (Wildman–Crippen LogP) is 0.631. The zero-order chi connectivity index (χ0) is 17.3. The number of carbonyl (C=O) groups is 1. The third-order valence-corrected chi connectivity index (χ3v) is 3.36. The van der Waals surface area contributed by atoms with Crippen molar-refractivity contribution in [2.24, 2.45) is 0 Å². The Balaban J connectivity index is 1.99. The minimum Gasteiger partial charge on any atom is -0.345 e. The van der Waals surface area contributed by atoms with E-state index in [2.05, 4.69) is 26.5 Å². The summed E-state index contributed by atoms with van der Waals surface area (Å²) in [6, 6.07) is 4.05. The topological polar surface area (TPSA) is 83.9 Å². The van der Waals surface area contributed by atoms with Crippen LogP contribution in [0.2, 0.25) is 0 Å². The summed E-state index contributed by atoms with van der Waals surface area (Å²) in [7, 11) is 0. The molecule has 0 spiro atoms. The number of halogens is 4. The standard InChI is InChI=1S/C13H12F4N6O/c14-7-2-1-3-9(4-7)23-11(13(15,16)17)10(21-22-23)12(24)20-8-5-18-19-6-8/h1-4,8,18-19H,5-6H2,(H,20,24). The van der Waals surface area contributed by atoms with Gasteiger partial charge in [-0.15, -0.1) is 5.10 Å². The number of carbonyl (C=O) groups excluding carboxylic acids is 1. The molecule has 0 radical (unpaired) electrons. The molecule has 0 atom stereocenters. The van der Waals surface area contributed by atoms with E-state index in [0.29, 0.717) is 17.8 Å². The van der Waals surface area contributed by atoms with E-state index in [0.717, 1.165) is 12.1 Å². The summed E-state index contributed by atoms with van der Waals surface area (Å²) in [6.07, 6.45) is -4.89. The summed E-state index contributed by atoms with van der Waals surface area (Å²) in [5.74, 6) is -1.73. The van der Waals surface area contributed by atoms with E-state index >= 15 is 0 Å². The molecule has 7 nitrogen and oxygen atoms in total. The molecule has 1 aliphatic heterocycles. The fraction of sp³-hybridized carbons (Fsp3) is 0.308. The molecule has 0 bridgehead atoms. The summed E-state index contributed by atoms with van der Waals surface area (Å²) < 4.78 is 53.9. The Hall–Kier alpha value is -2.53. The van der Waals surface area contributed by atoms with E-state index in [9.17, 15) is 22.4 Å². The Bertz CT molecular complexity index is 753. The lowest BCUT2D eigenvalue weighted by molar-refractivity contribution is -0.143. The Labute approximate surface area is 133 Å². The monoisotopic (exact) mass is 344 g/mol. The van der Waals surface area contributed by atoms with Crippen LogP contribution in [0.4, 0.5) is 17.6 Å². The Morgan fingerprint density at radius 1 is 1.29 bits per heavy atom. The first kappa shape index (κ1) is 16.3. The molecule has 2 heterocycles. The zero-order valence-corrected chi connectivity index (χ0v) is 12.1. The molecule has 24 heavy (non-hydrogen) atoms. The quantitative estimate of drug-likeness (QED) is 0.712. The number of hydrogen-bond donors (Lipinski definition) is 3. The third-order valence-electron chi connectivity index (χ3n) is 3.36. The molecule has 1 aliphatic rings. The van der Waals surface area contributed by atoms with Gasteiger partial charge in [0.2, 0.25) is 0 Å². The lowest BCUT2D eigenvalue weighted by Crippen LogP contribution is -2.39. The summed E-state index contributed by atoms with van der Waals surface area (Å²) >= 11 is 0. The van der Waals surface area contributed by atoms with E-state index in [4.69, 9.17) is 0 Å². The molecular formula is C13H12F4N6O. The van der Waals surface area contributed by atoms with Crippen LogP contribution in [0.25, 0.3) is 5.69 Å². The second-order valence-electron chi connectivity index (χ2n) is 5.11. The van der Waals surface area contributed by atoms with Crippen LogP contribution in [-0.4, -0.2) is 40.0 Å². The number of hydrogen-bond acceptors (Lipinski definition) is 5. The maximum atomic E-state index is 13.4. The van der Waals surface area contributed by atoms with Crippen LogP contribution in [0.3, 0.4) is 0 Å². The highest BCUT2D eigenvalue weighted by Gasteiger charge is 2.42. The van der Waals surface area contributed by atoms with Crippen LogP contribution in [-0.2, 0) is 6.18 Å². The molecule has 3 rings (SSSR count). The fourth-order valence-electron chi connectivity index (χ4n) is 2.30. The maximum absolute atomic E-state index is 13.4. The van der Waals surface area contributed by atoms with E-state index in [1.54, 1.807) is 0 Å². The highest BCUT2D eigenvalue weighted by atomic mass is 19.4. The van der Waals surface area contributed by atoms with E-state index in [-0.39, 0.29) is 11.7 Å².